The minimum atomic E-state index is -0.384. The summed E-state index contributed by atoms with van der Waals surface area (Å²) in [4.78, 5) is 15.8. The van der Waals surface area contributed by atoms with Gasteiger partial charge in [-0.15, -0.1) is 11.3 Å². The second kappa shape index (κ2) is 7.80. The van der Waals surface area contributed by atoms with Gasteiger partial charge in [-0.1, -0.05) is 28.1 Å². The number of benzene rings is 2. The lowest BCUT2D eigenvalue weighted by molar-refractivity contribution is 0.561. The fraction of sp³-hybridized carbons (Fsp3) is 0. The predicted octanol–water partition coefficient (Wildman–Crippen LogP) is 5.66. The van der Waals surface area contributed by atoms with Gasteiger partial charge in [0.05, 0.1) is 5.69 Å². The van der Waals surface area contributed by atoms with E-state index in [2.05, 4.69) is 32.3 Å². The van der Waals surface area contributed by atoms with Crippen LogP contribution in [-0.2, 0) is 0 Å². The zero-order valence-corrected chi connectivity index (χ0v) is 16.8. The summed E-state index contributed by atoms with van der Waals surface area (Å²) in [5.74, 6) is 0. The molecular formula is C21H12BrN3O2S. The quantitative estimate of drug-likeness (QED) is 0.321. The zero-order valence-electron chi connectivity index (χ0n) is 14.3. The van der Waals surface area contributed by atoms with Crippen LogP contribution in [0.3, 0.4) is 0 Å². The van der Waals surface area contributed by atoms with Crippen LogP contribution >= 0.6 is 27.3 Å². The second-order valence-corrected chi connectivity index (χ2v) is 7.64. The summed E-state index contributed by atoms with van der Waals surface area (Å²) < 4.78 is 6.13. The summed E-state index contributed by atoms with van der Waals surface area (Å²) in [6.45, 7) is 0. The van der Waals surface area contributed by atoms with Crippen LogP contribution in [0.4, 0.5) is 5.69 Å². The molecule has 2 heterocycles. The molecule has 2 aromatic heterocycles. The van der Waals surface area contributed by atoms with E-state index in [1.807, 2.05) is 35.7 Å². The molecule has 4 aromatic rings. The first-order valence-electron chi connectivity index (χ1n) is 8.25. The van der Waals surface area contributed by atoms with Gasteiger partial charge in [0.25, 0.3) is 0 Å². The molecule has 4 rings (SSSR count). The van der Waals surface area contributed by atoms with E-state index in [1.165, 1.54) is 17.4 Å². The molecule has 5 nitrogen and oxygen atoms in total. The minimum Gasteiger partial charge on any atom is -0.423 e. The molecule has 0 spiro atoms. The van der Waals surface area contributed by atoms with Gasteiger partial charge in [-0.25, -0.2) is 9.78 Å². The number of allylic oxidation sites excluding steroid dienone is 1. The number of halogens is 1. The molecular weight excluding hydrogens is 438 g/mol. The Hall–Kier alpha value is -3.21. The fourth-order valence-electron chi connectivity index (χ4n) is 2.61. The van der Waals surface area contributed by atoms with Gasteiger partial charge < -0.3 is 9.73 Å². The molecule has 2 aromatic carbocycles. The van der Waals surface area contributed by atoms with E-state index < -0.39 is 0 Å². The van der Waals surface area contributed by atoms with Crippen molar-refractivity contribution in [3.8, 4) is 17.3 Å². The van der Waals surface area contributed by atoms with Crippen LogP contribution in [0.1, 0.15) is 5.01 Å². The minimum absolute atomic E-state index is 0.384. The van der Waals surface area contributed by atoms with Crippen molar-refractivity contribution in [1.29, 1.82) is 5.26 Å². The van der Waals surface area contributed by atoms with Gasteiger partial charge in [-0.3, -0.25) is 0 Å². The van der Waals surface area contributed by atoms with Crippen molar-refractivity contribution in [2.45, 2.75) is 0 Å². The molecule has 0 atom stereocenters. The van der Waals surface area contributed by atoms with Crippen LogP contribution in [0.2, 0.25) is 0 Å². The normalized spacial score (nSPS) is 11.4. The number of nitrogens with one attached hydrogen (secondary N) is 1. The van der Waals surface area contributed by atoms with Crippen molar-refractivity contribution in [3.63, 3.8) is 0 Å². The number of hydrogen-bond donors (Lipinski definition) is 1. The van der Waals surface area contributed by atoms with Crippen LogP contribution in [-0.4, -0.2) is 4.98 Å². The number of rotatable bonds is 4. The second-order valence-electron chi connectivity index (χ2n) is 5.87. The molecule has 1 N–H and O–H groups in total. The van der Waals surface area contributed by atoms with Crippen molar-refractivity contribution in [3.05, 3.63) is 86.1 Å². The Balaban J connectivity index is 1.58. The molecule has 28 heavy (non-hydrogen) atoms. The molecule has 0 aliphatic carbocycles. The highest BCUT2D eigenvalue weighted by atomic mass is 79.9. The van der Waals surface area contributed by atoms with Gasteiger partial charge >= 0.3 is 5.63 Å². The molecule has 0 fully saturated rings. The summed E-state index contributed by atoms with van der Waals surface area (Å²) in [7, 11) is 0. The third kappa shape index (κ3) is 3.88. The number of anilines is 1. The number of fused-ring (bicyclic) bond motifs is 1. The van der Waals surface area contributed by atoms with Crippen LogP contribution < -0.4 is 10.9 Å². The van der Waals surface area contributed by atoms with E-state index >= 15 is 0 Å². The van der Waals surface area contributed by atoms with Gasteiger partial charge in [-0.2, -0.15) is 5.26 Å². The Bertz CT molecular complexity index is 1280. The summed E-state index contributed by atoms with van der Waals surface area (Å²) in [5.41, 5.74) is 3.17. The fourth-order valence-corrected chi connectivity index (χ4v) is 3.67. The molecule has 0 amide bonds. The van der Waals surface area contributed by atoms with Crippen molar-refractivity contribution < 1.29 is 4.42 Å². The molecule has 0 aliphatic rings. The first-order chi connectivity index (χ1) is 13.6. The highest BCUT2D eigenvalue weighted by molar-refractivity contribution is 9.10. The lowest BCUT2D eigenvalue weighted by Gasteiger charge is -2.03. The monoisotopic (exact) mass is 449 g/mol. The van der Waals surface area contributed by atoms with Crippen molar-refractivity contribution in [2.75, 3.05) is 5.32 Å². The molecule has 0 saturated carbocycles. The highest BCUT2D eigenvalue weighted by Crippen LogP contribution is 2.27. The van der Waals surface area contributed by atoms with E-state index in [1.54, 1.807) is 24.4 Å². The SMILES string of the molecule is N#CC(=CNc1ccc2oc(=O)ccc2c1)c1nc(-c2ccc(Br)cc2)cs1. The summed E-state index contributed by atoms with van der Waals surface area (Å²) >= 11 is 4.84. The van der Waals surface area contributed by atoms with Crippen LogP contribution in [0.25, 0.3) is 27.8 Å². The average Bonchev–Trinajstić information content (AvgIpc) is 3.19. The lowest BCUT2D eigenvalue weighted by Crippen LogP contribution is -1.95. The maximum absolute atomic E-state index is 11.3. The Morgan fingerprint density at radius 3 is 2.79 bits per heavy atom. The van der Waals surface area contributed by atoms with Crippen LogP contribution in [0, 0.1) is 11.3 Å². The molecule has 0 saturated heterocycles. The van der Waals surface area contributed by atoms with Gasteiger partial charge in [0.1, 0.15) is 22.2 Å². The van der Waals surface area contributed by atoms with Crippen LogP contribution in [0.5, 0.6) is 0 Å². The maximum Gasteiger partial charge on any atom is 0.336 e. The Kier molecular flexibility index (Phi) is 5.06. The number of aromatic nitrogens is 1. The molecule has 0 unspecified atom stereocenters. The summed E-state index contributed by atoms with van der Waals surface area (Å²) in [6.07, 6.45) is 1.63. The number of thiazole rings is 1. The van der Waals surface area contributed by atoms with E-state index in [4.69, 9.17) is 4.42 Å². The number of hydrogen-bond acceptors (Lipinski definition) is 6. The van der Waals surface area contributed by atoms with Gasteiger partial charge in [0.15, 0.2) is 0 Å². The van der Waals surface area contributed by atoms with Gasteiger partial charge in [0.2, 0.25) is 0 Å². The summed E-state index contributed by atoms with van der Waals surface area (Å²) in [6, 6.07) is 18.5. The molecule has 136 valence electrons. The molecule has 0 aliphatic heterocycles. The standard InChI is InChI=1S/C21H12BrN3O2S/c22-16-4-1-13(2-5-16)18-12-28-21(25-18)15(10-23)11-24-17-6-7-19-14(9-17)3-8-20(26)27-19/h1-9,11-12,24H. The van der Waals surface area contributed by atoms with E-state index in [9.17, 15) is 10.1 Å². The first kappa shape index (κ1) is 18.2. The smallest absolute Gasteiger partial charge is 0.336 e. The van der Waals surface area contributed by atoms with Crippen molar-refractivity contribution >= 4 is 49.5 Å². The van der Waals surface area contributed by atoms with Crippen molar-refractivity contribution in [2.24, 2.45) is 0 Å². The van der Waals surface area contributed by atoms with E-state index in [0.717, 1.165) is 26.8 Å². The number of nitriles is 1. The average molecular weight is 450 g/mol. The molecule has 7 heteroatoms. The van der Waals surface area contributed by atoms with Crippen molar-refractivity contribution in [1.82, 2.24) is 4.98 Å². The Morgan fingerprint density at radius 1 is 1.18 bits per heavy atom. The van der Waals surface area contributed by atoms with Gasteiger partial charge in [0, 0.05) is 38.8 Å². The third-order valence-electron chi connectivity index (χ3n) is 4.00. The topological polar surface area (TPSA) is 78.9 Å². The largest absolute Gasteiger partial charge is 0.423 e. The zero-order chi connectivity index (χ0) is 19.5. The Labute approximate surface area is 172 Å². The van der Waals surface area contributed by atoms with E-state index in [-0.39, 0.29) is 5.63 Å². The van der Waals surface area contributed by atoms with Crippen LogP contribution in [0.15, 0.2) is 79.9 Å². The van der Waals surface area contributed by atoms with Gasteiger partial charge in [-0.05, 0) is 36.4 Å². The Morgan fingerprint density at radius 2 is 2.00 bits per heavy atom. The number of nitrogens with zero attached hydrogens (tertiary/aromatic N) is 2. The maximum atomic E-state index is 11.3. The summed E-state index contributed by atoms with van der Waals surface area (Å²) in [5, 5.41) is 16.0. The van der Waals surface area contributed by atoms with E-state index in [0.29, 0.717) is 16.2 Å². The first-order valence-corrected chi connectivity index (χ1v) is 9.92. The highest BCUT2D eigenvalue weighted by Gasteiger charge is 2.09. The lowest BCUT2D eigenvalue weighted by atomic mass is 10.2. The molecule has 0 radical (unpaired) electrons. The predicted molar refractivity (Wildman–Crippen MR) is 115 cm³/mol. The molecule has 0 bridgehead atoms. The third-order valence-corrected chi connectivity index (χ3v) is 5.40.